The number of hydrogen-bond acceptors (Lipinski definition) is 22. The number of thiophene rings is 1. The molecule has 140 heavy (non-hydrogen) atoms. The van der Waals surface area contributed by atoms with E-state index in [-0.39, 0.29) is 75.8 Å². The van der Waals surface area contributed by atoms with Gasteiger partial charge >= 0.3 is 18.3 Å². The van der Waals surface area contributed by atoms with Gasteiger partial charge in [-0.3, -0.25) is 23.9 Å². The number of para-hydroxylation sites is 1. The molecule has 0 spiro atoms. The Hall–Kier alpha value is -14.2. The van der Waals surface area contributed by atoms with Crippen molar-refractivity contribution in [3.05, 3.63) is 340 Å². The van der Waals surface area contributed by atoms with Crippen LogP contribution in [0.4, 0.5) is 32.2 Å². The number of nitrogens with one attached hydrogen (secondary N) is 2. The van der Waals surface area contributed by atoms with Gasteiger partial charge in [-0.25, -0.2) is 71.9 Å². The molecule has 43 heteroatoms. The summed E-state index contributed by atoms with van der Waals surface area (Å²) in [6, 6.07) is 68.6. The topological polar surface area (TPSA) is 464 Å². The summed E-state index contributed by atoms with van der Waals surface area (Å²) in [7, 11) is -17.3. The lowest BCUT2D eigenvalue weighted by molar-refractivity contribution is -0.149. The number of nitrogens with zero attached hydrogens (tertiary/aromatic N) is 9. The number of aromatic amines is 1. The predicted octanol–water partition coefficient (Wildman–Crippen LogP) is 18.9. The Morgan fingerprint density at radius 1 is 0.593 bits per heavy atom. The fraction of sp³-hybridized carbons (Fsp3) is 0.155. The molecule has 0 saturated carbocycles. The number of benzene rings is 8. The molecule has 0 aliphatic carbocycles. The van der Waals surface area contributed by atoms with E-state index in [1.807, 2.05) is 76.2 Å². The fourth-order valence-corrected chi connectivity index (χ4v) is 19.9. The van der Waals surface area contributed by atoms with Gasteiger partial charge in [-0.15, -0.1) is 11.3 Å². The molecular formula is C97H87ClF6N14O16S6. The van der Waals surface area contributed by atoms with Crippen LogP contribution in [-0.2, 0) is 95.1 Å². The monoisotopic (exact) mass is 2040 g/mol. The van der Waals surface area contributed by atoms with E-state index in [9.17, 15) is 88.2 Å². The van der Waals surface area contributed by atoms with Gasteiger partial charge in [0.05, 0.1) is 82.2 Å². The van der Waals surface area contributed by atoms with E-state index < -0.39 is 91.1 Å². The summed E-state index contributed by atoms with van der Waals surface area (Å²) in [6.45, 7) is 10.3. The van der Waals surface area contributed by atoms with Crippen molar-refractivity contribution in [3.8, 4) is 78.7 Å². The van der Waals surface area contributed by atoms with Crippen LogP contribution in [0.25, 0.3) is 95.3 Å². The van der Waals surface area contributed by atoms with Crippen LogP contribution in [0, 0.1) is 20.8 Å². The number of pyridine rings is 3. The smallest absolute Gasteiger partial charge is 0.435 e. The number of hydrogen-bond donors (Lipinski definition) is 7. The Morgan fingerprint density at radius 2 is 1.11 bits per heavy atom. The van der Waals surface area contributed by atoms with Crippen molar-refractivity contribution < 1.29 is 97.5 Å². The van der Waals surface area contributed by atoms with Crippen molar-refractivity contribution in [1.29, 1.82) is 0 Å². The maximum Gasteiger partial charge on any atom is 0.435 e. The molecule has 0 radical (unpaired) electrons. The minimum absolute atomic E-state index is 0.00474. The second kappa shape index (κ2) is 42.3. The number of rotatable bonds is 18. The number of fused-ring (bicyclic) bond motifs is 4. The van der Waals surface area contributed by atoms with Gasteiger partial charge in [-0.05, 0) is 189 Å². The molecule has 18 rings (SSSR count). The number of aliphatic hydroxyl groups is 1. The summed E-state index contributed by atoms with van der Waals surface area (Å²) < 4.78 is 209. The lowest BCUT2D eigenvalue weighted by Gasteiger charge is -2.35. The number of aromatic nitrogens is 9. The highest BCUT2D eigenvalue weighted by molar-refractivity contribution is 7.91. The first kappa shape index (κ1) is 103. The van der Waals surface area contributed by atoms with E-state index in [1.165, 1.54) is 103 Å². The summed E-state index contributed by atoms with van der Waals surface area (Å²) in [4.78, 5) is 40.0. The normalized spacial score (nSPS) is 14.1. The van der Waals surface area contributed by atoms with Crippen LogP contribution in [0.3, 0.4) is 0 Å². The van der Waals surface area contributed by atoms with Crippen LogP contribution in [0.1, 0.15) is 76.8 Å². The number of aliphatic hydroxyl groups excluding tert-OH is 1. The van der Waals surface area contributed by atoms with Crippen LogP contribution < -0.4 is 20.7 Å². The van der Waals surface area contributed by atoms with Crippen molar-refractivity contribution in [2.75, 3.05) is 25.2 Å². The lowest BCUT2D eigenvalue weighted by Crippen LogP contribution is -2.37. The number of aryl methyl sites for hydroxylation is 4. The van der Waals surface area contributed by atoms with Crippen molar-refractivity contribution >= 4 is 107 Å². The molecule has 1 atom stereocenters. The number of carbonyl (C=O) groups is 2. The third-order valence-corrected chi connectivity index (χ3v) is 29.0. The van der Waals surface area contributed by atoms with Crippen LogP contribution in [-0.4, -0.2) is 133 Å². The number of carbonyl (C=O) groups excluding carboxylic acids is 1. The first-order chi connectivity index (χ1) is 66.1. The summed E-state index contributed by atoms with van der Waals surface area (Å²) in [5.74, 6) is -1.01. The Morgan fingerprint density at radius 3 is 1.61 bits per heavy atom. The summed E-state index contributed by atoms with van der Waals surface area (Å²) in [6.07, 6.45) is -0.731. The second-order valence-corrected chi connectivity index (χ2v) is 41.5. The average Bonchev–Trinajstić information content (AvgIpc) is 1.50. The Labute approximate surface area is 809 Å². The predicted molar refractivity (Wildman–Crippen MR) is 518 cm³/mol. The Kier molecular flexibility index (Phi) is 31.1. The molecule has 8 aromatic heterocycles. The quantitative estimate of drug-likeness (QED) is 0.0392. The number of nitrogens with two attached hydrogens (primary N) is 3. The molecule has 726 valence electrons. The highest BCUT2D eigenvalue weighted by Gasteiger charge is 2.43. The molecule has 10 heterocycles. The number of carboxylic acids is 1. The molecule has 30 nitrogen and oxygen atoms in total. The molecule has 2 aliphatic rings. The van der Waals surface area contributed by atoms with Gasteiger partial charge in [-0.2, -0.15) is 36.5 Å². The molecule has 2 aliphatic heterocycles. The zero-order valence-electron chi connectivity index (χ0n) is 75.1. The second-order valence-electron chi connectivity index (χ2n) is 31.5. The van der Waals surface area contributed by atoms with Crippen LogP contribution in [0.15, 0.2) is 313 Å². The van der Waals surface area contributed by atoms with E-state index in [0.29, 0.717) is 34.9 Å². The summed E-state index contributed by atoms with van der Waals surface area (Å²) in [5, 5.41) is 51.9. The summed E-state index contributed by atoms with van der Waals surface area (Å²) >= 11 is 7.17. The number of amides is 1. The molecule has 1 unspecified atom stereocenters. The molecule has 0 fully saturated rings. The average molecular weight is 2050 g/mol. The number of halogens is 7. The molecule has 8 aromatic carbocycles. The van der Waals surface area contributed by atoms with Crippen molar-refractivity contribution in [1.82, 2.24) is 49.0 Å². The van der Waals surface area contributed by atoms with Crippen molar-refractivity contribution in [2.45, 2.75) is 103 Å². The molecule has 0 bridgehead atoms. The molecule has 1 amide bonds. The lowest BCUT2D eigenvalue weighted by atomic mass is 9.86. The van der Waals surface area contributed by atoms with Crippen molar-refractivity contribution in [2.24, 2.45) is 15.4 Å². The van der Waals surface area contributed by atoms with Crippen LogP contribution in [0.2, 0.25) is 5.02 Å². The number of primary sulfonamides is 3. The van der Waals surface area contributed by atoms with E-state index in [1.54, 1.807) is 127 Å². The summed E-state index contributed by atoms with van der Waals surface area (Å²) in [5.41, 5.74) is 12.1. The van der Waals surface area contributed by atoms with Gasteiger partial charge in [0.2, 0.25) is 30.1 Å². The molecule has 10 N–H and O–H groups in total. The van der Waals surface area contributed by atoms with Gasteiger partial charge in [0.15, 0.2) is 32.7 Å². The van der Waals surface area contributed by atoms with Crippen molar-refractivity contribution in [3.63, 3.8) is 0 Å². The number of aliphatic carboxylic acids is 1. The zero-order valence-corrected chi connectivity index (χ0v) is 80.7. The molecule has 16 aromatic rings. The van der Waals surface area contributed by atoms with Crippen LogP contribution in [0.5, 0.6) is 0 Å². The third-order valence-electron chi connectivity index (χ3n) is 22.0. The van der Waals surface area contributed by atoms with Gasteiger partial charge < -0.3 is 29.8 Å². The van der Waals surface area contributed by atoms with Gasteiger partial charge in [0, 0.05) is 76.3 Å². The Balaban J connectivity index is 0.000000142. The third kappa shape index (κ3) is 24.0. The standard InChI is InChI=1S/C18H15ClN2O2S.C17H14F3N3O2S.C17H21NO3.C16H12F3N3O2S.C16H14N2O3S.C13H11N3O4S2/c1-12-3-4-14(10-20-12)18-17(9-15(19)11-21-18)13-5-7-16(8-6-13)24(2,22)23;1-11-2-4-12(5-3-11)15-10-16(17(18,19)20)22-23(15)13-6-8-14(9-7-13)26(21,24)25;1-3-11-6-5-7-12-13-8-9-21-17(4-2,10-14(19)20)16(13)18-15(11)12;17-16(18,19)15-10-14(11-4-2-1-3-5-11)22(21-15)12-6-8-13(9-7-12)25(20,23)24;1-11-15(12-7-9-14(10-8-12)22(17,19)20)16(18-21-11)13-5-3-2-4-6-13;1-16-10(13(18)15-9-4-2-3-6-14-9)11(17)12-8(5-7-21-12)22(16,19)20/h3-11H,1-2H3;2-10H,1H3,(H2,21,24,25);5-7,18H,3-4,8-10H2,1-2H3,(H,19,20);1-10H,(H2,20,23,24);2-10H,1H3,(H2,17,19,20);2-7,17H,1H3,(H,14,15,18). The zero-order chi connectivity index (χ0) is 101. The van der Waals surface area contributed by atoms with Crippen LogP contribution >= 0.6 is 22.9 Å². The maximum atomic E-state index is 13.1. The first-order valence-corrected chi connectivity index (χ1v) is 51.3. The minimum atomic E-state index is -4.61. The minimum Gasteiger partial charge on any atom is -0.504 e. The van der Waals surface area contributed by atoms with Gasteiger partial charge in [-0.1, -0.05) is 170 Å². The number of sulfone groups is 1. The number of ether oxygens (including phenoxy) is 1. The van der Waals surface area contributed by atoms with E-state index in [0.717, 1.165) is 117 Å². The fourth-order valence-electron chi connectivity index (χ4n) is 15.0. The number of H-pyrrole nitrogens is 1. The maximum absolute atomic E-state index is 13.1. The largest absolute Gasteiger partial charge is 0.504 e. The van der Waals surface area contributed by atoms with E-state index in [2.05, 4.69) is 65.7 Å². The van der Waals surface area contributed by atoms with Gasteiger partial charge in [0.25, 0.3) is 15.9 Å². The number of carboxylic acid groups (broad SMARTS) is 1. The molecule has 0 saturated heterocycles. The first-order valence-electron chi connectivity index (χ1n) is 42.0. The molecular weight excluding hydrogens is 1960 g/mol. The number of alkyl halides is 6. The van der Waals surface area contributed by atoms with E-state index in [4.69, 9.17) is 36.3 Å². The number of sulfonamides is 4. The van der Waals surface area contributed by atoms with Gasteiger partial charge in [0.1, 0.15) is 27.8 Å². The number of likely N-dealkylation sites (N-methyl/N-ethyl adjacent to an activating group) is 1. The Bertz CT molecular complexity index is 7890. The van der Waals surface area contributed by atoms with E-state index >= 15 is 0 Å². The SMILES string of the molecule is CCc1cccc2c3c([nH]c12)C(CC)(CC(=O)O)OCC3.CN1C(C(=O)Nc2ccccn2)=C(O)c2sccc2S1(=O)=O.Cc1ccc(-c2cc(C(F)(F)F)nn2-c2ccc(S(N)(=O)=O)cc2)cc1.Cc1ccc(-c2ncc(Cl)cc2-c2ccc(S(C)(=O)=O)cc2)cn1.Cc1onc(-c2ccccc2)c1-c1ccc(S(N)(=O)=O)cc1.NS(=O)(=O)c1ccc(-n2nc(C(F)(F)F)cc2-c2ccccc2)cc1. The number of anilines is 1. The highest BCUT2D eigenvalue weighted by atomic mass is 35.5. The highest BCUT2D eigenvalue weighted by Crippen LogP contribution is 2.45.